The number of nitrogens with zero attached hydrogens (tertiary/aromatic N) is 3. The molecule has 2 aromatic heterocycles. The number of benzene rings is 2. The molecule has 0 radical (unpaired) electrons. The van der Waals surface area contributed by atoms with Gasteiger partial charge in [0.1, 0.15) is 0 Å². The van der Waals surface area contributed by atoms with Crippen molar-refractivity contribution in [2.24, 2.45) is 4.99 Å². The number of ether oxygens (including phenoxy) is 2. The van der Waals surface area contributed by atoms with E-state index in [0.717, 1.165) is 10.1 Å². The van der Waals surface area contributed by atoms with Gasteiger partial charge in [-0.1, -0.05) is 23.5 Å². The molecule has 0 fully saturated rings. The molecule has 0 spiro atoms. The lowest BCUT2D eigenvalue weighted by molar-refractivity contribution is -0.384. The summed E-state index contributed by atoms with van der Waals surface area (Å²) in [5.74, 6) is 0.0955. The van der Waals surface area contributed by atoms with E-state index in [4.69, 9.17) is 13.9 Å². The van der Waals surface area contributed by atoms with Gasteiger partial charge in [0.25, 0.3) is 5.69 Å². The van der Waals surface area contributed by atoms with Gasteiger partial charge < -0.3 is 18.5 Å². The number of hydrogen-bond donors (Lipinski definition) is 0. The van der Waals surface area contributed by atoms with Gasteiger partial charge in [-0.15, -0.1) is 0 Å². The molecule has 4 aromatic rings. The second-order valence-electron chi connectivity index (χ2n) is 6.57. The van der Waals surface area contributed by atoms with E-state index < -0.39 is 10.8 Å². The second kappa shape index (κ2) is 8.70. The second-order valence-corrected chi connectivity index (χ2v) is 7.58. The van der Waals surface area contributed by atoms with Gasteiger partial charge in [0.2, 0.25) is 0 Å². The lowest BCUT2D eigenvalue weighted by atomic mass is 10.2. The van der Waals surface area contributed by atoms with Crippen LogP contribution in [-0.2, 0) is 11.3 Å². The van der Waals surface area contributed by atoms with Crippen LogP contribution >= 0.6 is 11.3 Å². The number of fused-ring (bicyclic) bond motifs is 2. The Morgan fingerprint density at radius 2 is 2.13 bits per heavy atom. The lowest BCUT2D eigenvalue weighted by Gasteiger charge is -2.04. The van der Waals surface area contributed by atoms with Crippen molar-refractivity contribution in [1.29, 1.82) is 0 Å². The number of furan rings is 1. The fourth-order valence-corrected chi connectivity index (χ4v) is 4.24. The van der Waals surface area contributed by atoms with Crippen molar-refractivity contribution in [2.75, 3.05) is 20.3 Å². The zero-order valence-corrected chi connectivity index (χ0v) is 17.7. The van der Waals surface area contributed by atoms with Crippen molar-refractivity contribution in [3.05, 3.63) is 63.1 Å². The number of hydrogen-bond acceptors (Lipinski definition) is 7. The van der Waals surface area contributed by atoms with Crippen molar-refractivity contribution < 1.29 is 23.6 Å². The number of rotatable bonds is 7. The molecule has 0 aliphatic rings. The Morgan fingerprint density at radius 3 is 2.87 bits per heavy atom. The molecule has 0 saturated carbocycles. The number of methoxy groups -OCH3 is 1. The minimum atomic E-state index is -0.550. The summed E-state index contributed by atoms with van der Waals surface area (Å²) in [6.45, 7) is 3.09. The molecular weight excluding hydrogens is 422 g/mol. The Balaban J connectivity index is 1.80. The van der Waals surface area contributed by atoms with Crippen LogP contribution in [0.2, 0.25) is 0 Å². The van der Waals surface area contributed by atoms with Gasteiger partial charge in [0, 0.05) is 31.2 Å². The Labute approximate surface area is 180 Å². The van der Waals surface area contributed by atoms with Crippen LogP contribution in [0.3, 0.4) is 0 Å². The normalized spacial score (nSPS) is 12.0. The molecule has 0 aliphatic heterocycles. The number of thiazole rings is 1. The summed E-state index contributed by atoms with van der Waals surface area (Å²) in [5, 5.41) is 11.9. The van der Waals surface area contributed by atoms with E-state index in [1.165, 1.54) is 23.5 Å². The molecule has 31 heavy (non-hydrogen) atoms. The lowest BCUT2D eigenvalue weighted by Crippen LogP contribution is -2.19. The smallest absolute Gasteiger partial charge is 0.315 e. The standard InChI is InChI=1S/C21H19N3O6S/c1-3-29-16-6-4-5-13-11-17(30-19(13)16)20(25)22-21-23(9-10-28-2)15-12-14(24(26)27)7-8-18(15)31-21/h4-8,11-12H,3,9-10H2,1-2H3. The van der Waals surface area contributed by atoms with Crippen molar-refractivity contribution in [3.63, 3.8) is 0 Å². The molecule has 9 nitrogen and oxygen atoms in total. The minimum absolute atomic E-state index is 0.0323. The largest absolute Gasteiger partial charge is 0.490 e. The summed E-state index contributed by atoms with van der Waals surface area (Å²) >= 11 is 1.27. The fraction of sp³-hybridized carbons (Fsp3) is 0.238. The SMILES string of the molecule is CCOc1cccc2cc(C(=O)N=c3sc4ccc([N+](=O)[O-])cc4n3CCOC)oc12. The summed E-state index contributed by atoms with van der Waals surface area (Å²) < 4.78 is 19.0. The van der Waals surface area contributed by atoms with Crippen molar-refractivity contribution in [1.82, 2.24) is 4.57 Å². The van der Waals surface area contributed by atoms with Gasteiger partial charge in [0.15, 0.2) is 21.9 Å². The third kappa shape index (κ3) is 4.07. The quantitative estimate of drug-likeness (QED) is 0.315. The van der Waals surface area contributed by atoms with Gasteiger partial charge in [0.05, 0.1) is 28.4 Å². The van der Waals surface area contributed by atoms with Crippen LogP contribution < -0.4 is 9.54 Å². The van der Waals surface area contributed by atoms with Crippen LogP contribution in [0.5, 0.6) is 5.75 Å². The summed E-state index contributed by atoms with van der Waals surface area (Å²) in [6.07, 6.45) is 0. The van der Waals surface area contributed by atoms with E-state index in [1.54, 1.807) is 29.9 Å². The Bertz CT molecular complexity index is 1350. The number of nitro benzene ring substituents is 1. The highest BCUT2D eigenvalue weighted by atomic mass is 32.1. The molecule has 2 heterocycles. The summed E-state index contributed by atoms with van der Waals surface area (Å²) in [4.78, 5) is 28.3. The Morgan fingerprint density at radius 1 is 1.29 bits per heavy atom. The first-order chi connectivity index (χ1) is 15.0. The topological polar surface area (TPSA) is 109 Å². The molecule has 10 heteroatoms. The molecule has 4 rings (SSSR count). The third-order valence-electron chi connectivity index (χ3n) is 4.61. The zero-order valence-electron chi connectivity index (χ0n) is 16.9. The number of carbonyl (C=O) groups excluding carboxylic acids is 1. The van der Waals surface area contributed by atoms with Crippen LogP contribution in [0.15, 0.2) is 51.9 Å². The van der Waals surface area contributed by atoms with Gasteiger partial charge in [-0.05, 0) is 25.1 Å². The first kappa shape index (κ1) is 20.8. The maximum Gasteiger partial charge on any atom is 0.315 e. The highest BCUT2D eigenvalue weighted by Gasteiger charge is 2.17. The van der Waals surface area contributed by atoms with Gasteiger partial charge in [-0.3, -0.25) is 14.9 Å². The van der Waals surface area contributed by atoms with E-state index in [0.29, 0.717) is 41.4 Å². The summed E-state index contributed by atoms with van der Waals surface area (Å²) in [7, 11) is 1.56. The van der Waals surface area contributed by atoms with Crippen molar-refractivity contribution in [3.8, 4) is 5.75 Å². The zero-order chi connectivity index (χ0) is 22.0. The van der Waals surface area contributed by atoms with Gasteiger partial charge in [-0.25, -0.2) is 0 Å². The number of amides is 1. The molecule has 0 N–H and O–H groups in total. The van der Waals surface area contributed by atoms with Crippen LogP contribution in [-0.4, -0.2) is 35.7 Å². The van der Waals surface area contributed by atoms with E-state index in [1.807, 2.05) is 19.1 Å². The summed E-state index contributed by atoms with van der Waals surface area (Å²) in [6, 6.07) is 11.6. The number of aromatic nitrogens is 1. The number of para-hydroxylation sites is 1. The van der Waals surface area contributed by atoms with Gasteiger partial charge >= 0.3 is 5.91 Å². The molecule has 0 aliphatic carbocycles. The molecule has 2 aromatic carbocycles. The molecular formula is C21H19N3O6S. The van der Waals surface area contributed by atoms with Crippen LogP contribution in [0, 0.1) is 10.1 Å². The number of non-ortho nitro benzene ring substituents is 1. The predicted molar refractivity (Wildman–Crippen MR) is 116 cm³/mol. The highest BCUT2D eigenvalue weighted by Crippen LogP contribution is 2.29. The molecule has 160 valence electrons. The molecule has 0 saturated heterocycles. The van der Waals surface area contributed by atoms with Gasteiger partial charge in [-0.2, -0.15) is 4.99 Å². The number of nitro groups is 1. The number of carbonyl (C=O) groups is 1. The molecule has 0 unspecified atom stereocenters. The maximum atomic E-state index is 12.9. The van der Waals surface area contributed by atoms with Crippen molar-refractivity contribution in [2.45, 2.75) is 13.5 Å². The first-order valence-corrected chi connectivity index (χ1v) is 10.3. The molecule has 1 amide bonds. The Hall–Kier alpha value is -3.50. The molecule has 0 atom stereocenters. The Kier molecular flexibility index (Phi) is 5.83. The van der Waals surface area contributed by atoms with Crippen LogP contribution in [0.1, 0.15) is 17.5 Å². The highest BCUT2D eigenvalue weighted by molar-refractivity contribution is 7.16. The van der Waals surface area contributed by atoms with Crippen molar-refractivity contribution >= 4 is 44.1 Å². The van der Waals surface area contributed by atoms with E-state index >= 15 is 0 Å². The van der Waals surface area contributed by atoms with E-state index in [2.05, 4.69) is 4.99 Å². The summed E-state index contributed by atoms with van der Waals surface area (Å²) in [5.41, 5.74) is 1.07. The average molecular weight is 441 g/mol. The van der Waals surface area contributed by atoms with E-state index in [-0.39, 0.29) is 11.4 Å². The predicted octanol–water partition coefficient (Wildman–Crippen LogP) is 4.14. The van der Waals surface area contributed by atoms with E-state index in [9.17, 15) is 14.9 Å². The first-order valence-electron chi connectivity index (χ1n) is 9.53. The minimum Gasteiger partial charge on any atom is -0.490 e. The monoisotopic (exact) mass is 441 g/mol. The van der Waals surface area contributed by atoms with Crippen LogP contribution in [0.25, 0.3) is 21.2 Å². The fourth-order valence-electron chi connectivity index (χ4n) is 3.21. The molecule has 0 bridgehead atoms. The average Bonchev–Trinajstić information content (AvgIpc) is 3.34. The third-order valence-corrected chi connectivity index (χ3v) is 5.67. The maximum absolute atomic E-state index is 12.9. The van der Waals surface area contributed by atoms with Crippen LogP contribution in [0.4, 0.5) is 5.69 Å².